The van der Waals surface area contributed by atoms with Crippen LogP contribution in [-0.4, -0.2) is 10.1 Å². The second-order valence-electron chi connectivity index (χ2n) is 3.72. The van der Waals surface area contributed by atoms with Gasteiger partial charge in [-0.1, -0.05) is 5.16 Å². The van der Waals surface area contributed by atoms with Crippen molar-refractivity contribution in [2.24, 2.45) is 0 Å². The van der Waals surface area contributed by atoms with Crippen molar-refractivity contribution in [2.45, 2.75) is 25.3 Å². The zero-order valence-corrected chi connectivity index (χ0v) is 10.5. The van der Waals surface area contributed by atoms with Crippen LogP contribution in [0.25, 0.3) is 0 Å². The Balaban J connectivity index is 2.21. The molecule has 6 heteroatoms. The molecule has 2 aromatic heterocycles. The van der Waals surface area contributed by atoms with Gasteiger partial charge in [0.1, 0.15) is 11.4 Å². The zero-order chi connectivity index (χ0) is 12.4. The number of aryl methyl sites for hydroxylation is 2. The molecule has 2 heterocycles. The second-order valence-corrected chi connectivity index (χ2v) is 4.21. The predicted octanol–water partition coefficient (Wildman–Crippen LogP) is 1.88. The van der Waals surface area contributed by atoms with Gasteiger partial charge in [0.15, 0.2) is 0 Å². The summed E-state index contributed by atoms with van der Waals surface area (Å²) >= 11 is 4.23. The van der Waals surface area contributed by atoms with Crippen LogP contribution >= 0.6 is 12.6 Å². The summed E-state index contributed by atoms with van der Waals surface area (Å²) in [5, 5.41) is 6.90. The van der Waals surface area contributed by atoms with E-state index in [2.05, 4.69) is 28.1 Å². The summed E-state index contributed by atoms with van der Waals surface area (Å²) in [4.78, 5) is 14.8. The summed E-state index contributed by atoms with van der Waals surface area (Å²) in [6.45, 7) is 4.19. The second kappa shape index (κ2) is 4.67. The molecule has 17 heavy (non-hydrogen) atoms. The molecule has 0 radical (unpaired) electrons. The fourth-order valence-electron chi connectivity index (χ4n) is 1.57. The lowest BCUT2D eigenvalue weighted by atomic mass is 10.2. The Morgan fingerprint density at radius 1 is 1.53 bits per heavy atom. The minimum absolute atomic E-state index is 0.190. The minimum Gasteiger partial charge on any atom is -0.375 e. The Labute approximate surface area is 104 Å². The molecule has 0 aliphatic heterocycles. The van der Waals surface area contributed by atoms with Crippen LogP contribution in [0.1, 0.15) is 17.0 Å². The quantitative estimate of drug-likeness (QED) is 0.728. The number of thiol groups is 1. The molecule has 0 unspecified atom stereocenters. The molecular formula is C11H13N3O2S. The van der Waals surface area contributed by atoms with Crippen molar-refractivity contribution in [3.05, 3.63) is 39.6 Å². The Morgan fingerprint density at radius 3 is 2.88 bits per heavy atom. The van der Waals surface area contributed by atoms with Crippen molar-refractivity contribution in [3.63, 3.8) is 0 Å². The van der Waals surface area contributed by atoms with Gasteiger partial charge in [0, 0.05) is 23.2 Å². The molecule has 2 N–H and O–H groups in total. The summed E-state index contributed by atoms with van der Waals surface area (Å²) in [5.41, 5.74) is 2.05. The number of rotatable bonds is 3. The van der Waals surface area contributed by atoms with Gasteiger partial charge in [-0.05, 0) is 19.9 Å². The average Bonchev–Trinajstić information content (AvgIpc) is 2.59. The number of H-pyrrole nitrogens is 1. The molecule has 0 aliphatic carbocycles. The van der Waals surface area contributed by atoms with Crippen molar-refractivity contribution in [1.29, 1.82) is 0 Å². The van der Waals surface area contributed by atoms with E-state index in [0.717, 1.165) is 17.0 Å². The van der Waals surface area contributed by atoms with Crippen molar-refractivity contribution < 1.29 is 4.52 Å². The van der Waals surface area contributed by atoms with Gasteiger partial charge in [-0.3, -0.25) is 4.79 Å². The number of hydrogen-bond acceptors (Lipinski definition) is 5. The molecule has 90 valence electrons. The first-order chi connectivity index (χ1) is 8.09. The maximum absolute atomic E-state index is 11.6. The number of hydrogen-bond donors (Lipinski definition) is 3. The number of anilines is 1. The highest BCUT2D eigenvalue weighted by molar-refractivity contribution is 7.80. The molecule has 0 saturated carbocycles. The van der Waals surface area contributed by atoms with Crippen LogP contribution in [0.3, 0.4) is 0 Å². The Morgan fingerprint density at radius 2 is 2.29 bits per heavy atom. The topological polar surface area (TPSA) is 70.9 Å². The number of pyridine rings is 1. The lowest BCUT2D eigenvalue weighted by Crippen LogP contribution is -2.14. The maximum atomic E-state index is 11.6. The third-order valence-electron chi connectivity index (χ3n) is 2.56. The fourth-order valence-corrected chi connectivity index (χ4v) is 1.83. The van der Waals surface area contributed by atoms with Crippen LogP contribution in [-0.2, 0) is 6.54 Å². The normalized spacial score (nSPS) is 10.5. The molecule has 0 atom stereocenters. The van der Waals surface area contributed by atoms with E-state index < -0.39 is 0 Å². The van der Waals surface area contributed by atoms with E-state index in [0.29, 0.717) is 17.1 Å². The molecule has 2 aromatic rings. The highest BCUT2D eigenvalue weighted by Crippen LogP contribution is 2.17. The van der Waals surface area contributed by atoms with Crippen LogP contribution < -0.4 is 10.9 Å². The van der Waals surface area contributed by atoms with E-state index >= 15 is 0 Å². The molecular weight excluding hydrogens is 238 g/mol. The van der Waals surface area contributed by atoms with Crippen LogP contribution in [0.15, 0.2) is 26.5 Å². The summed E-state index contributed by atoms with van der Waals surface area (Å²) in [7, 11) is 0. The SMILES string of the molecule is Cc1noc(C)c1CNc1c(S)cc[nH]c1=O. The van der Waals surface area contributed by atoms with Crippen molar-refractivity contribution in [3.8, 4) is 0 Å². The van der Waals surface area contributed by atoms with Crippen molar-refractivity contribution in [1.82, 2.24) is 10.1 Å². The molecule has 0 aliphatic rings. The first-order valence-electron chi connectivity index (χ1n) is 5.16. The predicted molar refractivity (Wildman–Crippen MR) is 67.6 cm³/mol. The molecule has 0 bridgehead atoms. The first-order valence-corrected chi connectivity index (χ1v) is 5.60. The zero-order valence-electron chi connectivity index (χ0n) is 9.57. The minimum atomic E-state index is -0.190. The molecule has 0 aromatic carbocycles. The largest absolute Gasteiger partial charge is 0.375 e. The highest BCUT2D eigenvalue weighted by atomic mass is 32.1. The van der Waals surface area contributed by atoms with Crippen molar-refractivity contribution >= 4 is 18.3 Å². The van der Waals surface area contributed by atoms with Crippen LogP contribution in [0.4, 0.5) is 5.69 Å². The Hall–Kier alpha value is -1.69. The first kappa shape index (κ1) is 11.8. The standard InChI is InChI=1S/C11H13N3O2S/c1-6-8(7(2)16-14-6)5-13-10-9(17)3-4-12-11(10)15/h3-4,13H,5H2,1-2H3,(H2,12,15,17). The van der Waals surface area contributed by atoms with Gasteiger partial charge in [-0.15, -0.1) is 12.6 Å². The van der Waals surface area contributed by atoms with E-state index in [1.165, 1.54) is 0 Å². The molecule has 0 saturated heterocycles. The van der Waals surface area contributed by atoms with Gasteiger partial charge in [-0.25, -0.2) is 0 Å². The lowest BCUT2D eigenvalue weighted by Gasteiger charge is -2.06. The molecule has 5 nitrogen and oxygen atoms in total. The van der Waals surface area contributed by atoms with E-state index in [-0.39, 0.29) is 5.56 Å². The van der Waals surface area contributed by atoms with E-state index in [1.807, 2.05) is 13.8 Å². The molecule has 2 rings (SSSR count). The van der Waals surface area contributed by atoms with Gasteiger partial charge in [-0.2, -0.15) is 0 Å². The summed E-state index contributed by atoms with van der Waals surface area (Å²) in [5.74, 6) is 0.753. The monoisotopic (exact) mass is 251 g/mol. The maximum Gasteiger partial charge on any atom is 0.272 e. The Bertz CT molecular complexity index is 569. The van der Waals surface area contributed by atoms with Gasteiger partial charge < -0.3 is 14.8 Å². The van der Waals surface area contributed by atoms with Crippen LogP contribution in [0.5, 0.6) is 0 Å². The molecule has 0 spiro atoms. The smallest absolute Gasteiger partial charge is 0.272 e. The molecule has 0 fully saturated rings. The number of aromatic nitrogens is 2. The highest BCUT2D eigenvalue weighted by Gasteiger charge is 2.10. The Kier molecular flexibility index (Phi) is 3.23. The van der Waals surface area contributed by atoms with Gasteiger partial charge >= 0.3 is 0 Å². The third kappa shape index (κ3) is 2.36. The number of aromatic amines is 1. The fraction of sp³-hybridized carbons (Fsp3) is 0.273. The van der Waals surface area contributed by atoms with Gasteiger partial charge in [0.25, 0.3) is 5.56 Å². The third-order valence-corrected chi connectivity index (χ3v) is 2.93. The molecule has 0 amide bonds. The van der Waals surface area contributed by atoms with Crippen LogP contribution in [0.2, 0.25) is 0 Å². The van der Waals surface area contributed by atoms with Crippen molar-refractivity contribution in [2.75, 3.05) is 5.32 Å². The van der Waals surface area contributed by atoms with E-state index in [1.54, 1.807) is 12.3 Å². The average molecular weight is 251 g/mol. The summed E-state index contributed by atoms with van der Waals surface area (Å²) in [6.07, 6.45) is 1.56. The van der Waals surface area contributed by atoms with E-state index in [4.69, 9.17) is 4.52 Å². The summed E-state index contributed by atoms with van der Waals surface area (Å²) < 4.78 is 5.05. The summed E-state index contributed by atoms with van der Waals surface area (Å²) in [6, 6.07) is 1.72. The van der Waals surface area contributed by atoms with E-state index in [9.17, 15) is 4.79 Å². The van der Waals surface area contributed by atoms with Gasteiger partial charge in [0.05, 0.1) is 5.69 Å². The lowest BCUT2D eigenvalue weighted by molar-refractivity contribution is 0.392. The van der Waals surface area contributed by atoms with Gasteiger partial charge in [0.2, 0.25) is 0 Å². The van der Waals surface area contributed by atoms with Crippen LogP contribution in [0, 0.1) is 13.8 Å². The number of nitrogens with zero attached hydrogens (tertiary/aromatic N) is 1. The number of nitrogens with one attached hydrogen (secondary N) is 2.